The Kier molecular flexibility index (Phi) is 5.89. The lowest BCUT2D eigenvalue weighted by molar-refractivity contribution is -0.463. The summed E-state index contributed by atoms with van der Waals surface area (Å²) in [6.45, 7) is 5.61. The highest BCUT2D eigenvalue weighted by atomic mass is 35.5. The van der Waals surface area contributed by atoms with Gasteiger partial charge in [0.15, 0.2) is 0 Å². The number of halogens is 1. The second kappa shape index (κ2) is 7.19. The third kappa shape index (κ3) is 4.95. The molecule has 0 fully saturated rings. The van der Waals surface area contributed by atoms with E-state index in [0.29, 0.717) is 10.9 Å². The summed E-state index contributed by atoms with van der Waals surface area (Å²) in [5.74, 6) is -0.135. The topological polar surface area (TPSA) is 68.4 Å². The fraction of sp³-hybridized carbons (Fsp3) is 0.538. The average Bonchev–Trinajstić information content (AvgIpc) is 2.37. The molecular weight excluding hydrogens is 266 g/mol. The van der Waals surface area contributed by atoms with Crippen LogP contribution in [0.1, 0.15) is 38.7 Å². The number of nitrogens with zero attached hydrogens (tertiary/aromatic N) is 3. The molecule has 0 bridgehead atoms. The van der Waals surface area contributed by atoms with Gasteiger partial charge in [0.05, 0.1) is 5.71 Å². The monoisotopic (exact) mass is 283 g/mol. The predicted molar refractivity (Wildman–Crippen MR) is 76.7 cm³/mol. The molecule has 19 heavy (non-hydrogen) atoms. The van der Waals surface area contributed by atoms with Crippen LogP contribution < -0.4 is 0 Å². The van der Waals surface area contributed by atoms with Crippen LogP contribution in [0.25, 0.3) is 0 Å². The summed E-state index contributed by atoms with van der Waals surface area (Å²) in [4.78, 5) is 18.9. The summed E-state index contributed by atoms with van der Waals surface area (Å²) in [5, 5.41) is 11.2. The van der Waals surface area contributed by atoms with Crippen molar-refractivity contribution in [2.75, 3.05) is 6.54 Å². The van der Waals surface area contributed by atoms with Gasteiger partial charge < -0.3 is 0 Å². The van der Waals surface area contributed by atoms with Crippen LogP contribution in [0.5, 0.6) is 0 Å². The highest BCUT2D eigenvalue weighted by molar-refractivity contribution is 6.29. The predicted octanol–water partition coefficient (Wildman–Crippen LogP) is 3.35. The van der Waals surface area contributed by atoms with Crippen LogP contribution in [0.15, 0.2) is 23.3 Å². The maximum Gasteiger partial charge on any atom is 0.241 e. The molecule has 1 rings (SSSR count). The first-order valence-corrected chi connectivity index (χ1v) is 6.61. The molecule has 1 heterocycles. The van der Waals surface area contributed by atoms with Gasteiger partial charge in [-0.05, 0) is 25.0 Å². The summed E-state index contributed by atoms with van der Waals surface area (Å²) in [5.41, 5.74) is 1.46. The zero-order valence-electron chi connectivity index (χ0n) is 11.3. The first-order valence-electron chi connectivity index (χ1n) is 6.23. The lowest BCUT2D eigenvalue weighted by atomic mass is 9.97. The maximum atomic E-state index is 10.8. The first kappa shape index (κ1) is 15.6. The van der Waals surface area contributed by atoms with Crippen molar-refractivity contribution in [3.8, 4) is 0 Å². The number of rotatable bonds is 6. The number of aromatic nitrogens is 1. The molecule has 0 saturated carbocycles. The van der Waals surface area contributed by atoms with E-state index in [-0.39, 0.29) is 23.4 Å². The van der Waals surface area contributed by atoms with Gasteiger partial charge in [-0.15, -0.1) is 0 Å². The molecule has 1 aromatic heterocycles. The van der Waals surface area contributed by atoms with Crippen LogP contribution in [0.2, 0.25) is 5.15 Å². The van der Waals surface area contributed by atoms with Crippen molar-refractivity contribution in [3.05, 3.63) is 39.2 Å². The Morgan fingerprint density at radius 1 is 1.53 bits per heavy atom. The van der Waals surface area contributed by atoms with Crippen LogP contribution >= 0.6 is 11.6 Å². The summed E-state index contributed by atoms with van der Waals surface area (Å²) < 4.78 is 0. The molecule has 0 aliphatic heterocycles. The number of aliphatic imine (C=N–C) groups is 1. The van der Waals surface area contributed by atoms with Gasteiger partial charge in [-0.3, -0.25) is 15.1 Å². The molecule has 1 aromatic rings. The fourth-order valence-electron chi connectivity index (χ4n) is 1.63. The SMILES string of the molecule is CCC(C)N=C(C[N+](=O)[O-])C(C)c1ccc(Cl)nc1. The van der Waals surface area contributed by atoms with Gasteiger partial charge in [0.1, 0.15) is 5.15 Å². The number of hydrogen-bond acceptors (Lipinski definition) is 4. The third-order valence-electron chi connectivity index (χ3n) is 3.02. The highest BCUT2D eigenvalue weighted by Gasteiger charge is 2.19. The zero-order valence-corrected chi connectivity index (χ0v) is 12.1. The van der Waals surface area contributed by atoms with Crippen molar-refractivity contribution < 1.29 is 4.92 Å². The van der Waals surface area contributed by atoms with Crippen molar-refractivity contribution in [3.63, 3.8) is 0 Å². The molecule has 0 radical (unpaired) electrons. The molecule has 0 amide bonds. The van der Waals surface area contributed by atoms with Gasteiger partial charge in [0.2, 0.25) is 6.54 Å². The smallest absolute Gasteiger partial charge is 0.241 e. The Balaban J connectivity index is 2.99. The van der Waals surface area contributed by atoms with Crippen LogP contribution in [0.4, 0.5) is 0 Å². The number of nitro groups is 1. The van der Waals surface area contributed by atoms with Crippen molar-refractivity contribution >= 4 is 17.3 Å². The second-order valence-electron chi connectivity index (χ2n) is 4.50. The molecule has 0 saturated heterocycles. The largest absolute Gasteiger partial charge is 0.284 e. The Morgan fingerprint density at radius 2 is 2.21 bits per heavy atom. The summed E-state index contributed by atoms with van der Waals surface area (Å²) in [7, 11) is 0. The lowest BCUT2D eigenvalue weighted by Crippen LogP contribution is -2.22. The van der Waals surface area contributed by atoms with E-state index in [2.05, 4.69) is 9.98 Å². The minimum atomic E-state index is -0.346. The summed E-state index contributed by atoms with van der Waals surface area (Å²) >= 11 is 5.74. The average molecular weight is 284 g/mol. The molecule has 0 aliphatic rings. The van der Waals surface area contributed by atoms with Crippen LogP contribution in [-0.4, -0.2) is 28.2 Å². The standard InChI is InChI=1S/C13H18ClN3O2/c1-4-9(2)16-12(8-17(18)19)10(3)11-5-6-13(14)15-7-11/h5-7,9-10H,4,8H2,1-3H3. The van der Waals surface area contributed by atoms with Gasteiger partial charge in [0, 0.05) is 23.1 Å². The van der Waals surface area contributed by atoms with E-state index in [1.807, 2.05) is 26.8 Å². The fourth-order valence-corrected chi connectivity index (χ4v) is 1.74. The quantitative estimate of drug-likeness (QED) is 0.348. The zero-order chi connectivity index (χ0) is 14.4. The van der Waals surface area contributed by atoms with Gasteiger partial charge >= 0.3 is 0 Å². The summed E-state index contributed by atoms with van der Waals surface area (Å²) in [6, 6.07) is 3.59. The molecule has 2 unspecified atom stereocenters. The van der Waals surface area contributed by atoms with E-state index in [4.69, 9.17) is 11.6 Å². The molecule has 104 valence electrons. The van der Waals surface area contributed by atoms with Gasteiger partial charge in [0.25, 0.3) is 0 Å². The molecule has 5 nitrogen and oxygen atoms in total. The third-order valence-corrected chi connectivity index (χ3v) is 3.24. The van der Waals surface area contributed by atoms with Gasteiger partial charge in [-0.25, -0.2) is 4.98 Å². The van der Waals surface area contributed by atoms with E-state index in [1.54, 1.807) is 12.3 Å². The van der Waals surface area contributed by atoms with Crippen molar-refractivity contribution in [1.82, 2.24) is 4.98 Å². The van der Waals surface area contributed by atoms with Crippen LogP contribution in [0, 0.1) is 10.1 Å². The Hall–Kier alpha value is -1.49. The van der Waals surface area contributed by atoms with Crippen molar-refractivity contribution in [2.24, 2.45) is 4.99 Å². The van der Waals surface area contributed by atoms with Crippen molar-refractivity contribution in [2.45, 2.75) is 39.2 Å². The minimum Gasteiger partial charge on any atom is -0.284 e. The van der Waals surface area contributed by atoms with E-state index in [0.717, 1.165) is 12.0 Å². The molecular formula is C13H18ClN3O2. The van der Waals surface area contributed by atoms with Gasteiger partial charge in [-0.2, -0.15) is 0 Å². The molecule has 0 aliphatic carbocycles. The maximum absolute atomic E-state index is 10.8. The number of hydrogen-bond donors (Lipinski definition) is 0. The number of pyridine rings is 1. The molecule has 6 heteroatoms. The van der Waals surface area contributed by atoms with Crippen LogP contribution in [-0.2, 0) is 0 Å². The molecule has 2 atom stereocenters. The van der Waals surface area contributed by atoms with E-state index < -0.39 is 0 Å². The Bertz CT molecular complexity index is 459. The van der Waals surface area contributed by atoms with E-state index in [9.17, 15) is 10.1 Å². The van der Waals surface area contributed by atoms with Crippen LogP contribution in [0.3, 0.4) is 0 Å². The minimum absolute atomic E-state index is 0.0812. The Morgan fingerprint density at radius 3 is 2.68 bits per heavy atom. The lowest BCUT2D eigenvalue weighted by Gasteiger charge is -2.14. The van der Waals surface area contributed by atoms with E-state index in [1.165, 1.54) is 0 Å². The van der Waals surface area contributed by atoms with E-state index >= 15 is 0 Å². The van der Waals surface area contributed by atoms with Crippen molar-refractivity contribution in [1.29, 1.82) is 0 Å². The first-order chi connectivity index (χ1) is 8.93. The molecule has 0 aromatic carbocycles. The molecule has 0 N–H and O–H groups in total. The highest BCUT2D eigenvalue weighted by Crippen LogP contribution is 2.19. The van der Waals surface area contributed by atoms with Gasteiger partial charge in [-0.1, -0.05) is 31.5 Å². The Labute approximate surface area is 117 Å². The normalized spacial score (nSPS) is 15.1. The second-order valence-corrected chi connectivity index (χ2v) is 4.89. The summed E-state index contributed by atoms with van der Waals surface area (Å²) in [6.07, 6.45) is 2.49. The molecule has 0 spiro atoms.